The summed E-state index contributed by atoms with van der Waals surface area (Å²) in [5.74, 6) is -0.445. The highest BCUT2D eigenvalue weighted by Crippen LogP contribution is 2.24. The van der Waals surface area contributed by atoms with Crippen LogP contribution in [0.2, 0.25) is 5.02 Å². The summed E-state index contributed by atoms with van der Waals surface area (Å²) in [6.07, 6.45) is 5.44. The van der Waals surface area contributed by atoms with Crippen molar-refractivity contribution in [2.24, 2.45) is 5.73 Å². The van der Waals surface area contributed by atoms with E-state index in [4.69, 9.17) is 17.3 Å². The molecule has 0 unspecified atom stereocenters. The summed E-state index contributed by atoms with van der Waals surface area (Å²) >= 11 is 5.95. The molecule has 0 radical (unpaired) electrons. The molecule has 25 heavy (non-hydrogen) atoms. The number of imidazole rings is 1. The van der Waals surface area contributed by atoms with Crippen LogP contribution in [0.5, 0.6) is 0 Å². The average molecular weight is 349 g/mol. The number of carbonyl (C=O) groups is 1. The van der Waals surface area contributed by atoms with E-state index in [-0.39, 0.29) is 0 Å². The number of nitrogens with two attached hydrogens (primary N) is 1. The van der Waals surface area contributed by atoms with E-state index >= 15 is 0 Å². The molecule has 0 saturated carbocycles. The molecule has 4 aromatic rings. The van der Waals surface area contributed by atoms with E-state index in [9.17, 15) is 4.79 Å². The van der Waals surface area contributed by atoms with Gasteiger partial charge in [-0.15, -0.1) is 0 Å². The number of fused-ring (bicyclic) bond motifs is 1. The lowest BCUT2D eigenvalue weighted by molar-refractivity contribution is 0.100. The van der Waals surface area contributed by atoms with Crippen LogP contribution in [0.25, 0.3) is 28.2 Å². The quantitative estimate of drug-likeness (QED) is 0.611. The molecule has 6 heteroatoms. The van der Waals surface area contributed by atoms with Gasteiger partial charge in [0.15, 0.2) is 5.65 Å². The van der Waals surface area contributed by atoms with Crippen molar-refractivity contribution in [3.05, 3.63) is 77.7 Å². The summed E-state index contributed by atoms with van der Waals surface area (Å²) in [6, 6.07) is 14.6. The molecule has 4 rings (SSSR count). The monoisotopic (exact) mass is 348 g/mol. The van der Waals surface area contributed by atoms with Crippen LogP contribution in [0, 0.1) is 0 Å². The molecule has 2 N–H and O–H groups in total. The van der Waals surface area contributed by atoms with Gasteiger partial charge < -0.3 is 5.73 Å². The lowest BCUT2D eigenvalue weighted by atomic mass is 10.1. The number of halogens is 1. The smallest absolute Gasteiger partial charge is 0.248 e. The van der Waals surface area contributed by atoms with Crippen LogP contribution in [0.1, 0.15) is 10.4 Å². The van der Waals surface area contributed by atoms with E-state index in [1.54, 1.807) is 24.5 Å². The predicted molar refractivity (Wildman–Crippen MR) is 97.4 cm³/mol. The fourth-order valence-electron chi connectivity index (χ4n) is 2.68. The third kappa shape index (κ3) is 2.86. The van der Waals surface area contributed by atoms with Crippen molar-refractivity contribution in [1.29, 1.82) is 0 Å². The number of nitrogens with zero attached hydrogens (tertiary/aromatic N) is 3. The summed E-state index contributed by atoms with van der Waals surface area (Å²) in [5.41, 5.74) is 10.1. The molecular weight excluding hydrogens is 336 g/mol. The highest BCUT2D eigenvalue weighted by atomic mass is 35.5. The number of rotatable bonds is 3. The van der Waals surface area contributed by atoms with Gasteiger partial charge in [-0.25, -0.2) is 4.98 Å². The van der Waals surface area contributed by atoms with Gasteiger partial charge in [-0.3, -0.25) is 14.2 Å². The number of benzene rings is 2. The molecule has 0 atom stereocenters. The molecule has 5 nitrogen and oxygen atoms in total. The third-order valence-electron chi connectivity index (χ3n) is 4.00. The molecule has 0 aliphatic carbocycles. The second-order valence-electron chi connectivity index (χ2n) is 5.59. The molecule has 2 aromatic carbocycles. The van der Waals surface area contributed by atoms with E-state index in [2.05, 4.69) is 9.97 Å². The van der Waals surface area contributed by atoms with Crippen molar-refractivity contribution in [3.8, 4) is 22.5 Å². The molecule has 0 saturated heterocycles. The molecule has 2 heterocycles. The zero-order valence-corrected chi connectivity index (χ0v) is 13.8. The van der Waals surface area contributed by atoms with Gasteiger partial charge in [0, 0.05) is 27.9 Å². The molecular formula is C19H13ClN4O. The van der Waals surface area contributed by atoms with E-state index in [1.807, 2.05) is 47.0 Å². The first-order valence-electron chi connectivity index (χ1n) is 7.61. The van der Waals surface area contributed by atoms with E-state index in [1.165, 1.54) is 0 Å². The minimum atomic E-state index is -0.445. The van der Waals surface area contributed by atoms with Crippen LogP contribution >= 0.6 is 11.6 Å². The Hall–Kier alpha value is -3.18. The van der Waals surface area contributed by atoms with Gasteiger partial charge in [-0.1, -0.05) is 35.9 Å². The topological polar surface area (TPSA) is 73.3 Å². The summed E-state index contributed by atoms with van der Waals surface area (Å²) in [4.78, 5) is 20.1. The first kappa shape index (κ1) is 15.4. The Labute approximate surface area is 148 Å². The lowest BCUT2D eigenvalue weighted by Crippen LogP contribution is -2.10. The lowest BCUT2D eigenvalue weighted by Gasteiger charge is -2.06. The van der Waals surface area contributed by atoms with Gasteiger partial charge in [0.2, 0.25) is 5.91 Å². The molecule has 2 aromatic heterocycles. The largest absolute Gasteiger partial charge is 0.366 e. The predicted octanol–water partition coefficient (Wildman–Crippen LogP) is 3.82. The molecule has 0 aliphatic rings. The second-order valence-corrected chi connectivity index (χ2v) is 6.03. The summed E-state index contributed by atoms with van der Waals surface area (Å²) in [7, 11) is 0. The maximum absolute atomic E-state index is 11.2. The molecule has 0 spiro atoms. The molecule has 0 bridgehead atoms. The van der Waals surface area contributed by atoms with Gasteiger partial charge >= 0.3 is 0 Å². The van der Waals surface area contributed by atoms with Crippen LogP contribution in [-0.2, 0) is 0 Å². The Morgan fingerprint density at radius 3 is 2.28 bits per heavy atom. The van der Waals surface area contributed by atoms with E-state index < -0.39 is 5.91 Å². The minimum absolute atomic E-state index is 0.445. The Kier molecular flexibility index (Phi) is 3.71. The van der Waals surface area contributed by atoms with Crippen molar-refractivity contribution in [2.45, 2.75) is 0 Å². The number of primary amides is 1. The Morgan fingerprint density at radius 1 is 0.920 bits per heavy atom. The van der Waals surface area contributed by atoms with Crippen molar-refractivity contribution in [3.63, 3.8) is 0 Å². The highest BCUT2D eigenvalue weighted by molar-refractivity contribution is 6.30. The highest BCUT2D eigenvalue weighted by Gasteiger charge is 2.09. The zero-order chi connectivity index (χ0) is 17.4. The van der Waals surface area contributed by atoms with Gasteiger partial charge in [0.25, 0.3) is 0 Å². The number of aromatic nitrogens is 3. The second kappa shape index (κ2) is 6.03. The van der Waals surface area contributed by atoms with Crippen molar-refractivity contribution in [2.75, 3.05) is 0 Å². The Morgan fingerprint density at radius 2 is 1.60 bits per heavy atom. The SMILES string of the molecule is NC(=O)c1ccc(-c2cnc3cnc(-c4ccc(Cl)cc4)cn23)cc1. The number of hydrogen-bond donors (Lipinski definition) is 1. The van der Waals surface area contributed by atoms with Crippen LogP contribution < -0.4 is 5.73 Å². The van der Waals surface area contributed by atoms with E-state index in [0.717, 1.165) is 28.2 Å². The molecule has 1 amide bonds. The fraction of sp³-hybridized carbons (Fsp3) is 0. The maximum Gasteiger partial charge on any atom is 0.248 e. The Bertz CT molecular complexity index is 1070. The summed E-state index contributed by atoms with van der Waals surface area (Å²) in [6.45, 7) is 0. The van der Waals surface area contributed by atoms with Crippen LogP contribution in [0.15, 0.2) is 67.1 Å². The van der Waals surface area contributed by atoms with E-state index in [0.29, 0.717) is 10.6 Å². The molecule has 0 fully saturated rings. The normalized spacial score (nSPS) is 10.9. The zero-order valence-electron chi connectivity index (χ0n) is 13.1. The van der Waals surface area contributed by atoms with Gasteiger partial charge in [0.1, 0.15) is 0 Å². The van der Waals surface area contributed by atoms with Gasteiger partial charge in [0.05, 0.1) is 23.8 Å². The standard InChI is InChI=1S/C19H13ClN4O/c20-15-7-5-12(6-8-15)16-11-24-17(9-23-18(24)10-22-16)13-1-3-14(4-2-13)19(21)25/h1-11H,(H2,21,25). The minimum Gasteiger partial charge on any atom is -0.366 e. The van der Waals surface area contributed by atoms with Crippen molar-refractivity contribution < 1.29 is 4.79 Å². The van der Waals surface area contributed by atoms with Crippen LogP contribution in [0.3, 0.4) is 0 Å². The van der Waals surface area contributed by atoms with Crippen LogP contribution in [0.4, 0.5) is 0 Å². The first-order chi connectivity index (χ1) is 12.1. The number of amides is 1. The van der Waals surface area contributed by atoms with Crippen molar-refractivity contribution in [1.82, 2.24) is 14.4 Å². The maximum atomic E-state index is 11.2. The van der Waals surface area contributed by atoms with Gasteiger partial charge in [-0.05, 0) is 24.3 Å². The average Bonchev–Trinajstić information content (AvgIpc) is 3.05. The first-order valence-corrected chi connectivity index (χ1v) is 7.99. The molecule has 122 valence electrons. The number of hydrogen-bond acceptors (Lipinski definition) is 3. The Balaban J connectivity index is 1.81. The molecule has 0 aliphatic heterocycles. The van der Waals surface area contributed by atoms with Gasteiger partial charge in [-0.2, -0.15) is 0 Å². The summed E-state index contributed by atoms with van der Waals surface area (Å²) < 4.78 is 1.97. The number of carbonyl (C=O) groups excluding carboxylic acids is 1. The summed E-state index contributed by atoms with van der Waals surface area (Å²) in [5, 5.41) is 0.683. The van der Waals surface area contributed by atoms with Crippen LogP contribution in [-0.4, -0.2) is 20.3 Å². The third-order valence-corrected chi connectivity index (χ3v) is 4.25. The van der Waals surface area contributed by atoms with Crippen molar-refractivity contribution >= 4 is 23.2 Å². The fourth-order valence-corrected chi connectivity index (χ4v) is 2.80.